The average molecular weight is 309 g/mol. The van der Waals surface area contributed by atoms with Gasteiger partial charge in [-0.2, -0.15) is 0 Å². The number of anilines is 1. The van der Waals surface area contributed by atoms with E-state index in [-0.39, 0.29) is 17.2 Å². The lowest BCUT2D eigenvalue weighted by Gasteiger charge is -2.20. The first-order valence-corrected chi connectivity index (χ1v) is 8.27. The first-order valence-electron chi connectivity index (χ1n) is 7.83. The van der Waals surface area contributed by atoms with Gasteiger partial charge in [0.1, 0.15) is 0 Å². The lowest BCUT2D eigenvalue weighted by molar-refractivity contribution is -0.117. The van der Waals surface area contributed by atoms with E-state index in [0.717, 1.165) is 37.2 Å². The molecule has 1 aliphatic carbocycles. The molecule has 1 aromatic rings. The molecule has 0 saturated heterocycles. The normalized spacial score (nSPS) is 16.0. The summed E-state index contributed by atoms with van der Waals surface area (Å²) < 4.78 is 0. The van der Waals surface area contributed by atoms with Crippen LogP contribution in [0.4, 0.5) is 5.69 Å². The number of hydrogen-bond donors (Lipinski definition) is 1. The highest BCUT2D eigenvalue weighted by Gasteiger charge is 2.29. The Bertz CT molecular complexity index is 456. The lowest BCUT2D eigenvalue weighted by atomic mass is 10.1. The van der Waals surface area contributed by atoms with Gasteiger partial charge in [0.25, 0.3) is 0 Å². The second-order valence-corrected chi connectivity index (χ2v) is 6.50. The van der Waals surface area contributed by atoms with E-state index in [1.54, 1.807) is 0 Å². The molecule has 1 fully saturated rings. The van der Waals surface area contributed by atoms with Gasteiger partial charge in [-0.15, -0.1) is 11.6 Å². The Kier molecular flexibility index (Phi) is 6.07. The summed E-state index contributed by atoms with van der Waals surface area (Å²) in [5, 5.41) is 2.93. The number of nitrogens with one attached hydrogen (secondary N) is 1. The van der Waals surface area contributed by atoms with Crippen molar-refractivity contribution in [2.24, 2.45) is 5.92 Å². The fourth-order valence-electron chi connectivity index (χ4n) is 2.26. The van der Waals surface area contributed by atoms with Gasteiger partial charge in [0.05, 0.1) is 5.38 Å². The number of hydrogen-bond acceptors (Lipinski definition) is 2. The number of likely N-dealkylation sites (N-methyl/N-ethyl adjacent to an activating group) is 1. The fourth-order valence-corrected chi connectivity index (χ4v) is 2.64. The maximum absolute atomic E-state index is 11.7. The molecule has 0 radical (unpaired) electrons. The van der Waals surface area contributed by atoms with Gasteiger partial charge < -0.3 is 10.2 Å². The summed E-state index contributed by atoms with van der Waals surface area (Å²) in [5.74, 6) is 0.377. The zero-order chi connectivity index (χ0) is 15.2. The van der Waals surface area contributed by atoms with Gasteiger partial charge in [-0.05, 0) is 50.6 Å². The molecular weight excluding hydrogens is 284 g/mol. The second-order valence-electron chi connectivity index (χ2n) is 5.97. The Morgan fingerprint density at radius 1 is 1.38 bits per heavy atom. The number of benzene rings is 1. The molecule has 1 aliphatic rings. The van der Waals surface area contributed by atoms with Crippen LogP contribution < -0.4 is 5.32 Å². The van der Waals surface area contributed by atoms with E-state index in [0.29, 0.717) is 0 Å². The van der Waals surface area contributed by atoms with Crippen molar-refractivity contribution in [3.63, 3.8) is 0 Å². The largest absolute Gasteiger partial charge is 0.326 e. The lowest BCUT2D eigenvalue weighted by Crippen LogP contribution is -2.23. The maximum atomic E-state index is 11.7. The third kappa shape index (κ3) is 5.33. The molecule has 1 atom stereocenters. The van der Waals surface area contributed by atoms with E-state index < -0.39 is 0 Å². The Hall–Kier alpha value is -1.06. The van der Waals surface area contributed by atoms with E-state index in [1.807, 2.05) is 24.3 Å². The second kappa shape index (κ2) is 7.81. The number of alkyl halides is 1. The average Bonchev–Trinajstić information content (AvgIpc) is 3.30. The van der Waals surface area contributed by atoms with Crippen LogP contribution in [0.15, 0.2) is 24.3 Å². The van der Waals surface area contributed by atoms with Gasteiger partial charge in [-0.25, -0.2) is 0 Å². The van der Waals surface area contributed by atoms with E-state index >= 15 is 0 Å². The summed E-state index contributed by atoms with van der Waals surface area (Å²) in [6.07, 6.45) is 4.45. The Labute approximate surface area is 132 Å². The van der Waals surface area contributed by atoms with Crippen LogP contribution in [0.5, 0.6) is 0 Å². The van der Waals surface area contributed by atoms with E-state index in [1.165, 1.54) is 12.8 Å². The van der Waals surface area contributed by atoms with Gasteiger partial charge in [-0.1, -0.05) is 25.5 Å². The highest BCUT2D eigenvalue weighted by Crippen LogP contribution is 2.30. The van der Waals surface area contributed by atoms with Crippen molar-refractivity contribution in [3.05, 3.63) is 29.8 Å². The van der Waals surface area contributed by atoms with Crippen molar-refractivity contribution in [2.75, 3.05) is 25.5 Å². The van der Waals surface area contributed by atoms with Gasteiger partial charge in [0.2, 0.25) is 5.91 Å². The summed E-state index contributed by atoms with van der Waals surface area (Å²) in [4.78, 5) is 14.0. The van der Waals surface area contributed by atoms with Crippen molar-refractivity contribution in [1.82, 2.24) is 4.90 Å². The van der Waals surface area contributed by atoms with Gasteiger partial charge >= 0.3 is 0 Å². The summed E-state index contributed by atoms with van der Waals surface area (Å²) in [5.41, 5.74) is 1.96. The summed E-state index contributed by atoms with van der Waals surface area (Å²) >= 11 is 6.47. The molecule has 116 valence electrons. The molecule has 1 aromatic carbocycles. The number of unbranched alkanes of at least 4 members (excludes halogenated alkanes) is 1. The van der Waals surface area contributed by atoms with E-state index in [9.17, 15) is 4.79 Å². The van der Waals surface area contributed by atoms with Crippen LogP contribution in [0.2, 0.25) is 0 Å². The Morgan fingerprint density at radius 3 is 2.62 bits per heavy atom. The minimum Gasteiger partial charge on any atom is -0.326 e. The molecule has 1 unspecified atom stereocenters. The molecule has 0 heterocycles. The summed E-state index contributed by atoms with van der Waals surface area (Å²) in [7, 11) is 2.11. The highest BCUT2D eigenvalue weighted by molar-refractivity contribution is 6.21. The topological polar surface area (TPSA) is 32.3 Å². The van der Waals surface area contributed by atoms with Crippen LogP contribution in [0.3, 0.4) is 0 Å². The monoisotopic (exact) mass is 308 g/mol. The first kappa shape index (κ1) is 16.3. The van der Waals surface area contributed by atoms with Crippen molar-refractivity contribution in [1.29, 1.82) is 0 Å². The van der Waals surface area contributed by atoms with Crippen molar-refractivity contribution in [3.8, 4) is 0 Å². The fraction of sp³-hybridized carbons (Fsp3) is 0.588. The number of halogens is 1. The molecule has 3 nitrogen and oxygen atoms in total. The van der Waals surface area contributed by atoms with Crippen LogP contribution in [0.25, 0.3) is 0 Å². The van der Waals surface area contributed by atoms with Gasteiger partial charge in [0.15, 0.2) is 0 Å². The van der Waals surface area contributed by atoms with Crippen LogP contribution in [-0.4, -0.2) is 30.9 Å². The first-order chi connectivity index (χ1) is 10.1. The van der Waals surface area contributed by atoms with Gasteiger partial charge in [0, 0.05) is 18.2 Å². The molecule has 1 saturated carbocycles. The number of nitrogens with zero attached hydrogens (tertiary/aromatic N) is 1. The molecule has 0 bridgehead atoms. The molecule has 1 amide bonds. The molecule has 4 heteroatoms. The maximum Gasteiger partial charge on any atom is 0.227 e. The van der Waals surface area contributed by atoms with Gasteiger partial charge in [-0.3, -0.25) is 4.79 Å². The van der Waals surface area contributed by atoms with Crippen molar-refractivity contribution in [2.45, 2.75) is 38.0 Å². The molecule has 0 aliphatic heterocycles. The third-order valence-corrected chi connectivity index (χ3v) is 4.24. The third-order valence-electron chi connectivity index (χ3n) is 3.85. The van der Waals surface area contributed by atoms with Crippen LogP contribution in [0.1, 0.15) is 43.5 Å². The smallest absolute Gasteiger partial charge is 0.227 e. The van der Waals surface area contributed by atoms with E-state index in [4.69, 9.17) is 11.6 Å². The SMILES string of the molecule is CCCCN(C)CC(Cl)c1ccc(NC(=O)C2CC2)cc1. The molecule has 2 rings (SSSR count). The number of rotatable bonds is 8. The Balaban J connectivity index is 1.83. The molecular formula is C17H25ClN2O. The predicted octanol–water partition coefficient (Wildman–Crippen LogP) is 4.05. The number of carbonyl (C=O) groups excluding carboxylic acids is 1. The zero-order valence-corrected chi connectivity index (χ0v) is 13.7. The Morgan fingerprint density at radius 2 is 2.05 bits per heavy atom. The predicted molar refractivity (Wildman–Crippen MR) is 88.8 cm³/mol. The molecule has 1 N–H and O–H groups in total. The highest BCUT2D eigenvalue weighted by atomic mass is 35.5. The molecule has 21 heavy (non-hydrogen) atoms. The quantitative estimate of drug-likeness (QED) is 0.735. The van der Waals surface area contributed by atoms with E-state index in [2.05, 4.69) is 24.2 Å². The van der Waals surface area contributed by atoms with Crippen molar-refractivity contribution >= 4 is 23.2 Å². The van der Waals surface area contributed by atoms with Crippen LogP contribution in [-0.2, 0) is 4.79 Å². The number of carbonyl (C=O) groups is 1. The summed E-state index contributed by atoms with van der Waals surface area (Å²) in [6, 6.07) is 7.90. The molecule has 0 aromatic heterocycles. The van der Waals surface area contributed by atoms with Crippen LogP contribution in [0, 0.1) is 5.92 Å². The summed E-state index contributed by atoms with van der Waals surface area (Å²) in [6.45, 7) is 4.12. The van der Waals surface area contributed by atoms with Crippen molar-refractivity contribution < 1.29 is 4.79 Å². The van der Waals surface area contributed by atoms with Crippen LogP contribution >= 0.6 is 11.6 Å². The standard InChI is InChI=1S/C17H25ClN2O/c1-3-4-11-20(2)12-16(18)13-7-9-15(10-8-13)19-17(21)14-5-6-14/h7-10,14,16H,3-6,11-12H2,1-2H3,(H,19,21). The number of amides is 1. The zero-order valence-electron chi connectivity index (χ0n) is 12.9. The minimum absolute atomic E-state index is 0.0139. The minimum atomic E-state index is -0.0139. The molecule has 0 spiro atoms.